The minimum absolute atomic E-state index is 0.00588. The highest BCUT2D eigenvalue weighted by Crippen LogP contribution is 2.25. The Hall–Kier alpha value is -3.36. The summed E-state index contributed by atoms with van der Waals surface area (Å²) in [6.45, 7) is 7.13. The number of sulfonamides is 1. The Morgan fingerprint density at radius 3 is 2.21 bits per heavy atom. The lowest BCUT2D eigenvalue weighted by atomic mass is 10.1. The number of amides is 2. The average Bonchev–Trinajstić information content (AvgIpc) is 2.90. The predicted octanol–water partition coefficient (Wildman–Crippen LogP) is 5.18. The molecular weight excluding hydrogens is 522 g/mol. The number of para-hydroxylation sites is 1. The molecule has 0 bridgehead atoms. The molecule has 38 heavy (non-hydrogen) atoms. The van der Waals surface area contributed by atoms with E-state index in [1.807, 2.05) is 45.0 Å². The van der Waals surface area contributed by atoms with Gasteiger partial charge in [-0.05, 0) is 69.2 Å². The van der Waals surface area contributed by atoms with Gasteiger partial charge in [-0.15, -0.1) is 0 Å². The largest absolute Gasteiger partial charge is 0.352 e. The van der Waals surface area contributed by atoms with Crippen LogP contribution in [0.15, 0.2) is 83.8 Å². The Bertz CT molecular complexity index is 1350. The van der Waals surface area contributed by atoms with Gasteiger partial charge in [-0.2, -0.15) is 0 Å². The molecule has 3 rings (SSSR count). The Kier molecular flexibility index (Phi) is 9.94. The highest BCUT2D eigenvalue weighted by molar-refractivity contribution is 7.92. The molecule has 3 aromatic carbocycles. The zero-order chi connectivity index (χ0) is 27.9. The molecule has 0 aliphatic carbocycles. The Labute approximate surface area is 230 Å². The Morgan fingerprint density at radius 1 is 0.947 bits per heavy atom. The number of carbonyl (C=O) groups excluding carboxylic acids is 2. The van der Waals surface area contributed by atoms with Crippen molar-refractivity contribution in [3.63, 3.8) is 0 Å². The van der Waals surface area contributed by atoms with E-state index in [2.05, 4.69) is 5.32 Å². The fourth-order valence-corrected chi connectivity index (χ4v) is 5.45. The molecule has 0 heterocycles. The fourth-order valence-electron chi connectivity index (χ4n) is 3.91. The first kappa shape index (κ1) is 29.2. The van der Waals surface area contributed by atoms with Gasteiger partial charge in [0.25, 0.3) is 10.0 Å². The number of hydrogen-bond donors (Lipinski definition) is 1. The van der Waals surface area contributed by atoms with Gasteiger partial charge >= 0.3 is 0 Å². The van der Waals surface area contributed by atoms with Crippen LogP contribution in [0.5, 0.6) is 0 Å². The van der Waals surface area contributed by atoms with Crippen molar-refractivity contribution in [2.75, 3.05) is 10.8 Å². The molecule has 7 nitrogen and oxygen atoms in total. The lowest BCUT2D eigenvalue weighted by Gasteiger charge is -2.32. The van der Waals surface area contributed by atoms with Crippen molar-refractivity contribution in [1.82, 2.24) is 10.2 Å². The zero-order valence-corrected chi connectivity index (χ0v) is 23.7. The van der Waals surface area contributed by atoms with Crippen LogP contribution in [0.2, 0.25) is 5.02 Å². The molecule has 1 N–H and O–H groups in total. The van der Waals surface area contributed by atoms with E-state index in [4.69, 9.17) is 11.6 Å². The van der Waals surface area contributed by atoms with Crippen LogP contribution in [0.25, 0.3) is 0 Å². The first-order chi connectivity index (χ1) is 18.0. The number of rotatable bonds is 11. The lowest BCUT2D eigenvalue weighted by Crippen LogP contribution is -2.52. The van der Waals surface area contributed by atoms with Crippen LogP contribution >= 0.6 is 11.6 Å². The second-order valence-corrected chi connectivity index (χ2v) is 11.6. The summed E-state index contributed by atoms with van der Waals surface area (Å²) in [6.07, 6.45) is 0.741. The summed E-state index contributed by atoms with van der Waals surface area (Å²) in [6, 6.07) is 21.0. The molecule has 9 heteroatoms. The third-order valence-electron chi connectivity index (χ3n) is 6.33. The second kappa shape index (κ2) is 12.9. The summed E-state index contributed by atoms with van der Waals surface area (Å²) >= 11 is 5.98. The van der Waals surface area contributed by atoms with Gasteiger partial charge in [0, 0.05) is 17.6 Å². The quantitative estimate of drug-likeness (QED) is 0.353. The van der Waals surface area contributed by atoms with Crippen molar-refractivity contribution in [1.29, 1.82) is 0 Å². The minimum atomic E-state index is -4.12. The van der Waals surface area contributed by atoms with Crippen molar-refractivity contribution in [3.8, 4) is 0 Å². The zero-order valence-electron chi connectivity index (χ0n) is 22.1. The van der Waals surface area contributed by atoms with Crippen LogP contribution in [0, 0.1) is 6.92 Å². The number of carbonyl (C=O) groups is 2. The molecule has 2 atom stereocenters. The van der Waals surface area contributed by atoms with Crippen LogP contribution < -0.4 is 9.62 Å². The highest BCUT2D eigenvalue weighted by Gasteiger charge is 2.32. The molecule has 2 amide bonds. The maximum atomic E-state index is 13.9. The Balaban J connectivity index is 2.00. The minimum Gasteiger partial charge on any atom is -0.352 e. The Morgan fingerprint density at radius 2 is 1.61 bits per heavy atom. The van der Waals surface area contributed by atoms with Gasteiger partial charge in [-0.3, -0.25) is 13.9 Å². The number of halogens is 1. The molecule has 202 valence electrons. The SMILES string of the molecule is CC[C@@H](C)NC(=O)[C@@H](C)N(Cc1cccc(C)c1)C(=O)CN(c1ccccc1)S(=O)(=O)c1ccc(Cl)cc1. The van der Waals surface area contributed by atoms with Gasteiger partial charge in [0.2, 0.25) is 11.8 Å². The van der Waals surface area contributed by atoms with Crippen molar-refractivity contribution >= 4 is 39.1 Å². The summed E-state index contributed by atoms with van der Waals surface area (Å²) in [5.41, 5.74) is 2.19. The highest BCUT2D eigenvalue weighted by atomic mass is 35.5. The van der Waals surface area contributed by atoms with E-state index in [-0.39, 0.29) is 23.4 Å². The van der Waals surface area contributed by atoms with Gasteiger partial charge in [-0.1, -0.05) is 66.6 Å². The van der Waals surface area contributed by atoms with Crippen molar-refractivity contribution in [2.45, 2.75) is 57.6 Å². The first-order valence-electron chi connectivity index (χ1n) is 12.5. The number of benzene rings is 3. The van der Waals surface area contributed by atoms with Crippen LogP contribution in [0.4, 0.5) is 5.69 Å². The molecule has 0 radical (unpaired) electrons. The molecule has 0 saturated heterocycles. The summed E-state index contributed by atoms with van der Waals surface area (Å²) < 4.78 is 28.5. The summed E-state index contributed by atoms with van der Waals surface area (Å²) in [4.78, 5) is 28.4. The van der Waals surface area contributed by atoms with Crippen molar-refractivity contribution in [3.05, 3.63) is 95.0 Å². The van der Waals surface area contributed by atoms with E-state index in [0.29, 0.717) is 10.7 Å². The topological polar surface area (TPSA) is 86.8 Å². The lowest BCUT2D eigenvalue weighted by molar-refractivity contribution is -0.139. The van der Waals surface area contributed by atoms with Gasteiger partial charge in [-0.25, -0.2) is 8.42 Å². The molecule has 0 aliphatic heterocycles. The predicted molar refractivity (Wildman–Crippen MR) is 152 cm³/mol. The maximum Gasteiger partial charge on any atom is 0.264 e. The summed E-state index contributed by atoms with van der Waals surface area (Å²) in [5.74, 6) is -0.799. The van der Waals surface area contributed by atoms with E-state index in [0.717, 1.165) is 21.9 Å². The molecule has 0 aromatic heterocycles. The molecule has 0 spiro atoms. The normalized spacial score (nSPS) is 12.9. The molecule has 0 aliphatic rings. The summed E-state index contributed by atoms with van der Waals surface area (Å²) in [5, 5.41) is 3.33. The van der Waals surface area contributed by atoms with E-state index in [1.165, 1.54) is 29.2 Å². The van der Waals surface area contributed by atoms with E-state index >= 15 is 0 Å². The van der Waals surface area contributed by atoms with E-state index in [1.54, 1.807) is 37.3 Å². The van der Waals surface area contributed by atoms with Crippen LogP contribution in [0.3, 0.4) is 0 Å². The fraction of sp³-hybridized carbons (Fsp3) is 0.310. The second-order valence-electron chi connectivity index (χ2n) is 9.31. The third-order valence-corrected chi connectivity index (χ3v) is 8.37. The molecule has 0 fully saturated rings. The average molecular weight is 556 g/mol. The molecule has 0 saturated carbocycles. The van der Waals surface area contributed by atoms with Crippen LogP contribution in [-0.4, -0.2) is 43.8 Å². The van der Waals surface area contributed by atoms with Gasteiger partial charge in [0.1, 0.15) is 12.6 Å². The third kappa shape index (κ3) is 7.36. The number of anilines is 1. The summed E-state index contributed by atoms with van der Waals surface area (Å²) in [7, 11) is -4.12. The first-order valence-corrected chi connectivity index (χ1v) is 14.3. The molecule has 3 aromatic rings. The van der Waals surface area contributed by atoms with Crippen LogP contribution in [-0.2, 0) is 26.2 Å². The smallest absolute Gasteiger partial charge is 0.264 e. The standard InChI is InChI=1S/C29H34ClN3O4S/c1-5-22(3)31-29(35)23(4)32(19-24-11-9-10-21(2)18-24)28(34)20-33(26-12-7-6-8-13-26)38(36,37)27-16-14-25(30)15-17-27/h6-18,22-23H,5,19-20H2,1-4H3,(H,31,35)/t22-,23-/m1/s1. The number of nitrogens with one attached hydrogen (secondary N) is 1. The number of aryl methyl sites for hydroxylation is 1. The van der Waals surface area contributed by atoms with Gasteiger partial charge in [0.05, 0.1) is 10.6 Å². The molecule has 0 unspecified atom stereocenters. The van der Waals surface area contributed by atoms with Gasteiger partial charge < -0.3 is 10.2 Å². The number of nitrogens with zero attached hydrogens (tertiary/aromatic N) is 2. The van der Waals surface area contributed by atoms with Crippen molar-refractivity contribution in [2.24, 2.45) is 0 Å². The van der Waals surface area contributed by atoms with E-state index in [9.17, 15) is 18.0 Å². The van der Waals surface area contributed by atoms with Crippen LogP contribution in [0.1, 0.15) is 38.3 Å². The number of hydrogen-bond acceptors (Lipinski definition) is 4. The molecular formula is C29H34ClN3O4S. The van der Waals surface area contributed by atoms with Gasteiger partial charge in [0.15, 0.2) is 0 Å². The van der Waals surface area contributed by atoms with E-state index < -0.39 is 28.5 Å². The monoisotopic (exact) mass is 555 g/mol. The van der Waals surface area contributed by atoms with Crippen molar-refractivity contribution < 1.29 is 18.0 Å². The maximum absolute atomic E-state index is 13.9.